The van der Waals surface area contributed by atoms with Crippen LogP contribution >= 0.6 is 0 Å². The van der Waals surface area contributed by atoms with Crippen molar-refractivity contribution in [3.8, 4) is 0 Å². The molecule has 1 fully saturated rings. The molecule has 0 spiro atoms. The quantitative estimate of drug-likeness (QED) is 0.497. The van der Waals surface area contributed by atoms with Gasteiger partial charge in [-0.1, -0.05) is 19.8 Å². The molecule has 0 N–H and O–H groups in total. The monoisotopic (exact) mass is 230 g/mol. The summed E-state index contributed by atoms with van der Waals surface area (Å²) in [6.07, 6.45) is 4.30. The predicted octanol–water partition coefficient (Wildman–Crippen LogP) is 2.26. The number of ether oxygens (including phenoxy) is 3. The lowest BCUT2D eigenvalue weighted by molar-refractivity contribution is -0.185. The molecule has 0 radical (unpaired) electrons. The Morgan fingerprint density at radius 2 is 1.94 bits per heavy atom. The zero-order valence-corrected chi connectivity index (χ0v) is 10.3. The molecule has 1 rings (SSSR count). The number of unbranched alkanes of at least 4 members (excludes halogenated alkanes) is 2. The van der Waals surface area contributed by atoms with E-state index >= 15 is 0 Å². The molecule has 0 amide bonds. The first kappa shape index (κ1) is 13.5. The fraction of sp³-hybridized carbons (Fsp3) is 0.917. The Morgan fingerprint density at radius 3 is 2.50 bits per heavy atom. The summed E-state index contributed by atoms with van der Waals surface area (Å²) in [5, 5.41) is 0. The number of rotatable bonds is 7. The molecule has 0 aromatic heterocycles. The second-order valence-corrected chi connectivity index (χ2v) is 4.05. The molecule has 0 aliphatic carbocycles. The van der Waals surface area contributed by atoms with Crippen molar-refractivity contribution >= 4 is 5.97 Å². The summed E-state index contributed by atoms with van der Waals surface area (Å²) >= 11 is 0. The molecule has 0 atom stereocenters. The number of carbonyl (C=O) groups is 1. The van der Waals surface area contributed by atoms with Crippen LogP contribution < -0.4 is 0 Å². The highest BCUT2D eigenvalue weighted by molar-refractivity contribution is 5.70. The summed E-state index contributed by atoms with van der Waals surface area (Å²) in [6, 6.07) is 0. The van der Waals surface area contributed by atoms with E-state index in [-0.39, 0.29) is 12.4 Å². The van der Waals surface area contributed by atoms with Crippen LogP contribution in [0.1, 0.15) is 46.0 Å². The van der Waals surface area contributed by atoms with Gasteiger partial charge in [-0.25, -0.2) is 0 Å². The zero-order valence-electron chi connectivity index (χ0n) is 10.3. The maximum absolute atomic E-state index is 11.5. The van der Waals surface area contributed by atoms with Gasteiger partial charge in [0.1, 0.15) is 0 Å². The molecule has 4 heteroatoms. The van der Waals surface area contributed by atoms with Crippen molar-refractivity contribution in [2.45, 2.75) is 51.7 Å². The predicted molar refractivity (Wildman–Crippen MR) is 60.0 cm³/mol. The van der Waals surface area contributed by atoms with Crippen LogP contribution in [0.15, 0.2) is 0 Å². The van der Waals surface area contributed by atoms with E-state index in [2.05, 4.69) is 6.92 Å². The average molecular weight is 230 g/mol. The molecule has 0 unspecified atom stereocenters. The van der Waals surface area contributed by atoms with E-state index in [1.165, 1.54) is 0 Å². The summed E-state index contributed by atoms with van der Waals surface area (Å²) in [5.41, 5.74) is 0. The van der Waals surface area contributed by atoms with E-state index in [0.29, 0.717) is 19.8 Å². The highest BCUT2D eigenvalue weighted by Gasteiger charge is 2.38. The van der Waals surface area contributed by atoms with Crippen LogP contribution in [0.2, 0.25) is 0 Å². The summed E-state index contributed by atoms with van der Waals surface area (Å²) in [7, 11) is 0. The van der Waals surface area contributed by atoms with Crippen molar-refractivity contribution in [1.82, 2.24) is 0 Å². The van der Waals surface area contributed by atoms with E-state index in [4.69, 9.17) is 14.2 Å². The molecule has 1 aliphatic rings. The van der Waals surface area contributed by atoms with Gasteiger partial charge < -0.3 is 14.2 Å². The van der Waals surface area contributed by atoms with Crippen LogP contribution in [0.3, 0.4) is 0 Å². The van der Waals surface area contributed by atoms with Gasteiger partial charge in [-0.3, -0.25) is 4.79 Å². The molecular weight excluding hydrogens is 208 g/mol. The summed E-state index contributed by atoms with van der Waals surface area (Å²) in [6.45, 7) is 5.51. The van der Waals surface area contributed by atoms with Crippen molar-refractivity contribution in [1.29, 1.82) is 0 Å². The topological polar surface area (TPSA) is 44.8 Å². The Morgan fingerprint density at radius 1 is 1.25 bits per heavy atom. The van der Waals surface area contributed by atoms with Gasteiger partial charge in [0, 0.05) is 6.42 Å². The van der Waals surface area contributed by atoms with Crippen molar-refractivity contribution in [2.24, 2.45) is 0 Å². The van der Waals surface area contributed by atoms with Gasteiger partial charge in [0.2, 0.25) is 0 Å². The summed E-state index contributed by atoms with van der Waals surface area (Å²) in [4.78, 5) is 11.5. The molecule has 1 saturated heterocycles. The lowest BCUT2D eigenvalue weighted by Gasteiger charge is -2.26. The van der Waals surface area contributed by atoms with Crippen LogP contribution in [0.5, 0.6) is 0 Å². The van der Waals surface area contributed by atoms with Gasteiger partial charge in [0.15, 0.2) is 5.79 Å². The lowest BCUT2D eigenvalue weighted by Crippen LogP contribution is -2.33. The first-order chi connectivity index (χ1) is 7.72. The lowest BCUT2D eigenvalue weighted by atomic mass is 10.0. The Bertz CT molecular complexity index is 209. The van der Waals surface area contributed by atoms with Crippen LogP contribution in [0.25, 0.3) is 0 Å². The minimum atomic E-state index is -0.707. The molecule has 4 nitrogen and oxygen atoms in total. The maximum atomic E-state index is 11.5. The number of hydrogen-bond donors (Lipinski definition) is 0. The van der Waals surface area contributed by atoms with Gasteiger partial charge in [-0.2, -0.15) is 0 Å². The van der Waals surface area contributed by atoms with Crippen molar-refractivity contribution in [3.05, 3.63) is 0 Å². The van der Waals surface area contributed by atoms with Crippen molar-refractivity contribution < 1.29 is 19.0 Å². The number of hydrogen-bond acceptors (Lipinski definition) is 4. The number of carbonyl (C=O) groups excluding carboxylic acids is 1. The van der Waals surface area contributed by atoms with Crippen molar-refractivity contribution in [2.75, 3.05) is 19.8 Å². The standard InChI is InChI=1S/C12H22O4/c1-3-5-6-7-12(15-8-9-16-12)10-11(13)14-4-2/h3-10H2,1-2H3. The average Bonchev–Trinajstić information content (AvgIpc) is 2.67. The molecule has 0 saturated carbocycles. The van der Waals surface area contributed by atoms with Gasteiger partial charge >= 0.3 is 5.97 Å². The van der Waals surface area contributed by atoms with Gasteiger partial charge in [-0.15, -0.1) is 0 Å². The smallest absolute Gasteiger partial charge is 0.311 e. The molecule has 1 heterocycles. The van der Waals surface area contributed by atoms with Crippen LogP contribution in [-0.4, -0.2) is 31.6 Å². The molecule has 0 aromatic rings. The van der Waals surface area contributed by atoms with Gasteiger partial charge in [0.05, 0.1) is 26.2 Å². The zero-order chi connectivity index (χ0) is 11.9. The largest absolute Gasteiger partial charge is 0.466 e. The maximum Gasteiger partial charge on any atom is 0.311 e. The second-order valence-electron chi connectivity index (χ2n) is 4.05. The van der Waals surface area contributed by atoms with E-state index < -0.39 is 5.79 Å². The Balaban J connectivity index is 2.41. The van der Waals surface area contributed by atoms with Gasteiger partial charge in [0.25, 0.3) is 0 Å². The minimum Gasteiger partial charge on any atom is -0.466 e. The van der Waals surface area contributed by atoms with Crippen LogP contribution in [-0.2, 0) is 19.0 Å². The minimum absolute atomic E-state index is 0.213. The second kappa shape index (κ2) is 6.86. The third-order valence-corrected chi connectivity index (χ3v) is 2.69. The summed E-state index contributed by atoms with van der Waals surface area (Å²) < 4.78 is 16.1. The highest BCUT2D eigenvalue weighted by Crippen LogP contribution is 2.29. The van der Waals surface area contributed by atoms with Crippen LogP contribution in [0.4, 0.5) is 0 Å². The molecule has 94 valence electrons. The number of esters is 1. The molecular formula is C12H22O4. The first-order valence-corrected chi connectivity index (χ1v) is 6.16. The SMILES string of the molecule is CCCCCC1(CC(=O)OCC)OCCO1. The molecule has 16 heavy (non-hydrogen) atoms. The molecule has 0 bridgehead atoms. The molecule has 1 aliphatic heterocycles. The Hall–Kier alpha value is -0.610. The van der Waals surface area contributed by atoms with Crippen molar-refractivity contribution in [3.63, 3.8) is 0 Å². The first-order valence-electron chi connectivity index (χ1n) is 6.16. The molecule has 0 aromatic carbocycles. The van der Waals surface area contributed by atoms with E-state index in [9.17, 15) is 4.79 Å². The van der Waals surface area contributed by atoms with E-state index in [1.54, 1.807) is 6.92 Å². The van der Waals surface area contributed by atoms with E-state index in [0.717, 1.165) is 25.7 Å². The Labute approximate surface area is 97.2 Å². The highest BCUT2D eigenvalue weighted by atomic mass is 16.7. The fourth-order valence-electron chi connectivity index (χ4n) is 1.91. The van der Waals surface area contributed by atoms with E-state index in [1.807, 2.05) is 0 Å². The third-order valence-electron chi connectivity index (χ3n) is 2.69. The van der Waals surface area contributed by atoms with Gasteiger partial charge in [-0.05, 0) is 13.3 Å². The Kier molecular flexibility index (Phi) is 5.77. The van der Waals surface area contributed by atoms with Crippen LogP contribution in [0, 0.1) is 0 Å². The fourth-order valence-corrected chi connectivity index (χ4v) is 1.91. The summed E-state index contributed by atoms with van der Waals surface area (Å²) in [5.74, 6) is -0.942. The third kappa shape index (κ3) is 4.10. The normalized spacial score (nSPS) is 18.6.